The molecule has 0 atom stereocenters. The van der Waals surface area contributed by atoms with Crippen molar-refractivity contribution in [3.63, 3.8) is 0 Å². The van der Waals surface area contributed by atoms with Crippen LogP contribution >= 0.6 is 0 Å². The van der Waals surface area contributed by atoms with Crippen LogP contribution < -0.4 is 22.7 Å². The second kappa shape index (κ2) is 13.4. The van der Waals surface area contributed by atoms with Gasteiger partial charge in [-0.3, -0.25) is 0 Å². The molecule has 0 saturated heterocycles. The molecule has 0 fully saturated rings. The number of quaternary nitrogens is 1. The molecule has 160 valence electrons. The first-order valence-corrected chi connectivity index (χ1v) is 11.3. The van der Waals surface area contributed by atoms with Crippen molar-refractivity contribution in [3.8, 4) is 0 Å². The van der Waals surface area contributed by atoms with Crippen molar-refractivity contribution in [1.29, 1.82) is 0 Å². The smallest absolute Gasteiger partial charge is 0.0739 e. The molecule has 3 rings (SSSR count). The first-order valence-electron chi connectivity index (χ1n) is 11.3. The SMILES string of the molecule is [Br-].[NH3+]CCCCCCCCCC(c1ccccc1)(c1ccccc1)c1ccccc1. The summed E-state index contributed by atoms with van der Waals surface area (Å²) in [6, 6.07) is 33.3. The lowest BCUT2D eigenvalue weighted by Gasteiger charge is -2.36. The second-order valence-electron chi connectivity index (χ2n) is 8.08. The van der Waals surface area contributed by atoms with Crippen LogP contribution in [0.1, 0.15) is 68.1 Å². The van der Waals surface area contributed by atoms with Gasteiger partial charge in [-0.05, 0) is 36.0 Å². The third kappa shape index (κ3) is 6.30. The number of halogens is 1. The van der Waals surface area contributed by atoms with Crippen molar-refractivity contribution in [2.45, 2.75) is 56.8 Å². The summed E-state index contributed by atoms with van der Waals surface area (Å²) in [6.07, 6.45) is 10.4. The molecule has 2 heteroatoms. The van der Waals surface area contributed by atoms with Gasteiger partial charge in [0.05, 0.1) is 6.54 Å². The topological polar surface area (TPSA) is 27.6 Å². The molecule has 0 aliphatic rings. The lowest BCUT2D eigenvalue weighted by molar-refractivity contribution is -0.368. The van der Waals surface area contributed by atoms with Crippen molar-refractivity contribution in [2.75, 3.05) is 6.54 Å². The van der Waals surface area contributed by atoms with E-state index in [9.17, 15) is 0 Å². The molecule has 3 N–H and O–H groups in total. The highest BCUT2D eigenvalue weighted by Gasteiger charge is 2.35. The van der Waals surface area contributed by atoms with E-state index in [-0.39, 0.29) is 22.4 Å². The van der Waals surface area contributed by atoms with Gasteiger partial charge >= 0.3 is 0 Å². The van der Waals surface area contributed by atoms with Gasteiger partial charge in [-0.2, -0.15) is 0 Å². The minimum absolute atomic E-state index is 0. The molecule has 0 aromatic heterocycles. The molecule has 0 spiro atoms. The lowest BCUT2D eigenvalue weighted by Crippen LogP contribution is -3.00. The maximum atomic E-state index is 3.95. The van der Waals surface area contributed by atoms with E-state index in [4.69, 9.17) is 0 Å². The molecule has 0 aliphatic carbocycles. The van der Waals surface area contributed by atoms with E-state index < -0.39 is 0 Å². The lowest BCUT2D eigenvalue weighted by atomic mass is 9.66. The average Bonchev–Trinajstić information content (AvgIpc) is 2.80. The van der Waals surface area contributed by atoms with E-state index in [0.29, 0.717) is 0 Å². The Bertz CT molecular complexity index is 705. The third-order valence-corrected chi connectivity index (χ3v) is 6.10. The van der Waals surface area contributed by atoms with Crippen molar-refractivity contribution in [1.82, 2.24) is 0 Å². The summed E-state index contributed by atoms with van der Waals surface area (Å²) in [5.74, 6) is 0. The summed E-state index contributed by atoms with van der Waals surface area (Å²) in [7, 11) is 0. The molecule has 0 radical (unpaired) electrons. The summed E-state index contributed by atoms with van der Waals surface area (Å²) >= 11 is 0. The van der Waals surface area contributed by atoms with Gasteiger partial charge in [0.1, 0.15) is 0 Å². The van der Waals surface area contributed by atoms with Gasteiger partial charge in [0.2, 0.25) is 0 Å². The Kier molecular flexibility index (Phi) is 10.9. The highest BCUT2D eigenvalue weighted by atomic mass is 79.9. The Morgan fingerprint density at radius 2 is 0.800 bits per heavy atom. The summed E-state index contributed by atoms with van der Waals surface area (Å²) in [4.78, 5) is 0. The van der Waals surface area contributed by atoms with Crippen molar-refractivity contribution in [2.24, 2.45) is 0 Å². The summed E-state index contributed by atoms with van der Waals surface area (Å²) in [5, 5.41) is 0. The Morgan fingerprint density at radius 1 is 0.467 bits per heavy atom. The normalized spacial score (nSPS) is 11.1. The van der Waals surface area contributed by atoms with Crippen LogP contribution in [-0.2, 0) is 5.41 Å². The van der Waals surface area contributed by atoms with Crippen LogP contribution in [0.25, 0.3) is 0 Å². The maximum absolute atomic E-state index is 3.95. The largest absolute Gasteiger partial charge is 1.00 e. The standard InChI is InChI=1S/C28H35N.BrH/c29-24-16-5-3-1-2-4-15-23-28(25-17-9-6-10-18-25,26-19-11-7-12-20-26)27-21-13-8-14-22-27;/h6-14,17-22H,1-5,15-16,23-24,29H2;1H. The van der Waals surface area contributed by atoms with Crippen molar-refractivity contribution >= 4 is 0 Å². The van der Waals surface area contributed by atoms with E-state index in [0.717, 1.165) is 13.0 Å². The Labute approximate surface area is 193 Å². The summed E-state index contributed by atoms with van der Waals surface area (Å²) in [5.41, 5.74) is 8.05. The van der Waals surface area contributed by atoms with Crippen molar-refractivity contribution in [3.05, 3.63) is 108 Å². The summed E-state index contributed by atoms with van der Waals surface area (Å²) < 4.78 is 0. The molecule has 1 nitrogen and oxygen atoms in total. The molecule has 3 aromatic rings. The fraction of sp³-hybridized carbons (Fsp3) is 0.357. The van der Waals surface area contributed by atoms with Gasteiger partial charge < -0.3 is 22.7 Å². The monoisotopic (exact) mass is 465 g/mol. The minimum Gasteiger partial charge on any atom is -1.00 e. The van der Waals surface area contributed by atoms with Crippen LogP contribution in [0, 0.1) is 0 Å². The van der Waals surface area contributed by atoms with Gasteiger partial charge in [0.25, 0.3) is 0 Å². The zero-order chi connectivity index (χ0) is 20.2. The van der Waals surface area contributed by atoms with Crippen LogP contribution in [0.5, 0.6) is 0 Å². The fourth-order valence-corrected chi connectivity index (χ4v) is 4.55. The third-order valence-electron chi connectivity index (χ3n) is 6.10. The Morgan fingerprint density at radius 3 is 1.17 bits per heavy atom. The molecule has 30 heavy (non-hydrogen) atoms. The molecule has 0 bridgehead atoms. The first-order chi connectivity index (χ1) is 14.4. The van der Waals surface area contributed by atoms with Crippen LogP contribution in [0.3, 0.4) is 0 Å². The van der Waals surface area contributed by atoms with Crippen LogP contribution in [0.4, 0.5) is 0 Å². The predicted molar refractivity (Wildman–Crippen MR) is 124 cm³/mol. The molecule has 0 amide bonds. The minimum atomic E-state index is -0.0857. The van der Waals surface area contributed by atoms with E-state index in [1.165, 1.54) is 61.6 Å². The molecule has 0 aliphatic heterocycles. The number of rotatable bonds is 12. The predicted octanol–water partition coefficient (Wildman–Crippen LogP) is 3.39. The van der Waals surface area contributed by atoms with E-state index >= 15 is 0 Å². The van der Waals surface area contributed by atoms with Crippen molar-refractivity contribution < 1.29 is 22.7 Å². The van der Waals surface area contributed by atoms with E-state index in [2.05, 4.69) is 96.7 Å². The Balaban J connectivity index is 0.00000320. The van der Waals surface area contributed by atoms with Gasteiger partial charge in [0.15, 0.2) is 0 Å². The molecule has 0 heterocycles. The van der Waals surface area contributed by atoms with Crippen LogP contribution in [0.2, 0.25) is 0 Å². The van der Waals surface area contributed by atoms with E-state index in [1.807, 2.05) is 0 Å². The highest BCUT2D eigenvalue weighted by Crippen LogP contribution is 2.43. The van der Waals surface area contributed by atoms with Gasteiger partial charge in [0, 0.05) is 5.41 Å². The quantitative estimate of drug-likeness (QED) is 0.313. The number of hydrogen-bond acceptors (Lipinski definition) is 0. The second-order valence-corrected chi connectivity index (χ2v) is 8.08. The molecular formula is C28H36BrN. The summed E-state index contributed by atoms with van der Waals surface area (Å²) in [6.45, 7) is 1.08. The maximum Gasteiger partial charge on any atom is 0.0739 e. The van der Waals surface area contributed by atoms with Gasteiger partial charge in [-0.25, -0.2) is 0 Å². The number of benzene rings is 3. The molecule has 0 saturated carbocycles. The highest BCUT2D eigenvalue weighted by molar-refractivity contribution is 5.50. The Hall–Kier alpha value is -1.90. The van der Waals surface area contributed by atoms with E-state index in [1.54, 1.807) is 0 Å². The zero-order valence-corrected chi connectivity index (χ0v) is 19.7. The number of hydrogen-bond donors (Lipinski definition) is 1. The fourth-order valence-electron chi connectivity index (χ4n) is 4.55. The average molecular weight is 467 g/mol. The molecule has 0 unspecified atom stereocenters. The molecular weight excluding hydrogens is 430 g/mol. The molecule has 3 aromatic carbocycles. The van der Waals surface area contributed by atoms with Crippen LogP contribution in [-0.4, -0.2) is 6.54 Å². The van der Waals surface area contributed by atoms with Gasteiger partial charge in [-0.1, -0.05) is 123 Å². The first kappa shape index (κ1) is 24.4. The van der Waals surface area contributed by atoms with Crippen LogP contribution in [0.15, 0.2) is 91.0 Å². The van der Waals surface area contributed by atoms with Gasteiger partial charge in [-0.15, -0.1) is 0 Å². The number of unbranched alkanes of at least 4 members (excludes halogenated alkanes) is 6. The zero-order valence-electron chi connectivity index (χ0n) is 18.1.